The van der Waals surface area contributed by atoms with Crippen LogP contribution in [-0.4, -0.2) is 31.4 Å². The molecule has 0 aromatic heterocycles. The van der Waals surface area contributed by atoms with Crippen LogP contribution < -0.4 is 0 Å². The zero-order valence-corrected chi connectivity index (χ0v) is 15.7. The Balaban J connectivity index is 1.75. The number of aliphatic hydroxyl groups is 1. The molecule has 5 heteroatoms. The highest BCUT2D eigenvalue weighted by molar-refractivity contribution is 7.89. The van der Waals surface area contributed by atoms with Crippen LogP contribution in [0.5, 0.6) is 0 Å². The lowest BCUT2D eigenvalue weighted by atomic mass is 10.0. The number of sulfonamides is 1. The summed E-state index contributed by atoms with van der Waals surface area (Å²) >= 11 is 0. The number of hydrogen-bond acceptors (Lipinski definition) is 3. The van der Waals surface area contributed by atoms with Crippen LogP contribution in [0.2, 0.25) is 0 Å². The van der Waals surface area contributed by atoms with Gasteiger partial charge >= 0.3 is 0 Å². The van der Waals surface area contributed by atoms with E-state index in [2.05, 4.69) is 0 Å². The van der Waals surface area contributed by atoms with Crippen molar-refractivity contribution in [3.8, 4) is 0 Å². The SMILES string of the molecule is Cc1ccc(S(=O)(=O)N(C)CCCCCC(O)c2ccccc2)cc1. The van der Waals surface area contributed by atoms with E-state index in [0.717, 1.165) is 30.4 Å². The van der Waals surface area contributed by atoms with Gasteiger partial charge in [-0.3, -0.25) is 0 Å². The van der Waals surface area contributed by atoms with Crippen molar-refractivity contribution in [2.75, 3.05) is 13.6 Å². The maximum absolute atomic E-state index is 12.5. The third kappa shape index (κ3) is 5.66. The number of aryl methyl sites for hydroxylation is 1. The molecule has 136 valence electrons. The second kappa shape index (κ2) is 9.13. The van der Waals surface area contributed by atoms with Gasteiger partial charge in [0.1, 0.15) is 0 Å². The van der Waals surface area contributed by atoms with Crippen molar-refractivity contribution in [2.24, 2.45) is 0 Å². The standard InChI is InChI=1S/C20H27NO3S/c1-17-12-14-19(15-13-17)25(23,24)21(2)16-8-4-7-11-20(22)18-9-5-3-6-10-18/h3,5-6,9-10,12-15,20,22H,4,7-8,11,16H2,1-2H3. The molecule has 0 aliphatic heterocycles. The highest BCUT2D eigenvalue weighted by atomic mass is 32.2. The van der Waals surface area contributed by atoms with Crippen molar-refractivity contribution in [3.63, 3.8) is 0 Å². The molecule has 2 aromatic carbocycles. The summed E-state index contributed by atoms with van der Waals surface area (Å²) in [7, 11) is -1.80. The van der Waals surface area contributed by atoms with Crippen molar-refractivity contribution in [1.29, 1.82) is 0 Å². The molecule has 0 aliphatic carbocycles. The normalized spacial score (nSPS) is 13.1. The van der Waals surface area contributed by atoms with Crippen molar-refractivity contribution < 1.29 is 13.5 Å². The molecule has 2 rings (SSSR count). The summed E-state index contributed by atoms with van der Waals surface area (Å²) in [5, 5.41) is 10.1. The minimum atomic E-state index is -3.42. The molecule has 0 spiro atoms. The second-order valence-electron chi connectivity index (χ2n) is 6.42. The van der Waals surface area contributed by atoms with Crippen LogP contribution in [0.4, 0.5) is 0 Å². The van der Waals surface area contributed by atoms with Gasteiger partial charge in [0.2, 0.25) is 10.0 Å². The Morgan fingerprint density at radius 1 is 0.960 bits per heavy atom. The van der Waals surface area contributed by atoms with Crippen LogP contribution in [0.3, 0.4) is 0 Å². The van der Waals surface area contributed by atoms with Crippen LogP contribution in [0, 0.1) is 6.92 Å². The summed E-state index contributed by atoms with van der Waals surface area (Å²) in [6.45, 7) is 2.42. The Kier molecular flexibility index (Phi) is 7.17. The van der Waals surface area contributed by atoms with Crippen molar-refractivity contribution >= 4 is 10.0 Å². The van der Waals surface area contributed by atoms with Gasteiger partial charge in [-0.1, -0.05) is 60.9 Å². The number of unbranched alkanes of at least 4 members (excludes halogenated alkanes) is 2. The van der Waals surface area contributed by atoms with E-state index in [0.29, 0.717) is 17.9 Å². The first-order valence-corrected chi connectivity index (χ1v) is 10.1. The third-order valence-corrected chi connectivity index (χ3v) is 6.24. The average molecular weight is 362 g/mol. The fourth-order valence-electron chi connectivity index (χ4n) is 2.70. The van der Waals surface area contributed by atoms with Gasteiger partial charge in [0.05, 0.1) is 11.0 Å². The lowest BCUT2D eigenvalue weighted by Gasteiger charge is -2.17. The van der Waals surface area contributed by atoms with Gasteiger partial charge in [0, 0.05) is 13.6 Å². The van der Waals surface area contributed by atoms with Crippen LogP contribution in [0.25, 0.3) is 0 Å². The predicted octanol–water partition coefficient (Wildman–Crippen LogP) is 3.91. The highest BCUT2D eigenvalue weighted by Gasteiger charge is 2.19. The van der Waals surface area contributed by atoms with E-state index in [9.17, 15) is 13.5 Å². The molecular formula is C20H27NO3S. The first-order chi connectivity index (χ1) is 11.9. The molecule has 1 unspecified atom stereocenters. The largest absolute Gasteiger partial charge is 0.388 e. The molecule has 0 heterocycles. The summed E-state index contributed by atoms with van der Waals surface area (Å²) in [6, 6.07) is 16.5. The van der Waals surface area contributed by atoms with Gasteiger partial charge in [-0.15, -0.1) is 0 Å². The van der Waals surface area contributed by atoms with E-state index in [1.165, 1.54) is 4.31 Å². The zero-order valence-electron chi connectivity index (χ0n) is 14.9. The zero-order chi connectivity index (χ0) is 18.3. The van der Waals surface area contributed by atoms with E-state index in [1.807, 2.05) is 49.4 Å². The minimum Gasteiger partial charge on any atom is -0.388 e. The first kappa shape index (κ1) is 19.6. The molecule has 0 aliphatic rings. The van der Waals surface area contributed by atoms with Gasteiger partial charge in [0.25, 0.3) is 0 Å². The van der Waals surface area contributed by atoms with Gasteiger partial charge in [-0.25, -0.2) is 12.7 Å². The molecule has 0 bridgehead atoms. The van der Waals surface area contributed by atoms with Gasteiger partial charge in [-0.2, -0.15) is 0 Å². The molecule has 25 heavy (non-hydrogen) atoms. The molecule has 0 fully saturated rings. The predicted molar refractivity (Wildman–Crippen MR) is 101 cm³/mol. The second-order valence-corrected chi connectivity index (χ2v) is 8.46. The smallest absolute Gasteiger partial charge is 0.242 e. The van der Waals surface area contributed by atoms with E-state index in [-0.39, 0.29) is 0 Å². The fraction of sp³-hybridized carbons (Fsp3) is 0.400. The molecule has 0 saturated carbocycles. The lowest BCUT2D eigenvalue weighted by molar-refractivity contribution is 0.163. The van der Waals surface area contributed by atoms with Crippen LogP contribution in [-0.2, 0) is 10.0 Å². The van der Waals surface area contributed by atoms with Crippen LogP contribution in [0.1, 0.15) is 42.9 Å². The van der Waals surface area contributed by atoms with E-state index >= 15 is 0 Å². The Morgan fingerprint density at radius 3 is 2.24 bits per heavy atom. The summed E-state index contributed by atoms with van der Waals surface area (Å²) in [5.74, 6) is 0. The van der Waals surface area contributed by atoms with Gasteiger partial charge in [0.15, 0.2) is 0 Å². The van der Waals surface area contributed by atoms with Crippen molar-refractivity contribution in [1.82, 2.24) is 4.31 Å². The number of hydrogen-bond donors (Lipinski definition) is 1. The monoisotopic (exact) mass is 361 g/mol. The number of rotatable bonds is 9. The first-order valence-electron chi connectivity index (χ1n) is 8.67. The summed E-state index contributed by atoms with van der Waals surface area (Å²) < 4.78 is 26.4. The molecular weight excluding hydrogens is 334 g/mol. The molecule has 2 aromatic rings. The van der Waals surface area contributed by atoms with Crippen LogP contribution in [0.15, 0.2) is 59.5 Å². The summed E-state index contributed by atoms with van der Waals surface area (Å²) in [5.41, 5.74) is 1.97. The Morgan fingerprint density at radius 2 is 1.60 bits per heavy atom. The number of nitrogens with zero attached hydrogens (tertiary/aromatic N) is 1. The van der Waals surface area contributed by atoms with E-state index in [4.69, 9.17) is 0 Å². The van der Waals surface area contributed by atoms with Crippen molar-refractivity contribution in [2.45, 2.75) is 43.6 Å². The summed E-state index contributed by atoms with van der Waals surface area (Å²) in [4.78, 5) is 0.333. The molecule has 1 N–H and O–H groups in total. The third-order valence-electron chi connectivity index (χ3n) is 4.36. The summed E-state index contributed by atoms with van der Waals surface area (Å²) in [6.07, 6.45) is 2.78. The molecule has 0 amide bonds. The number of aliphatic hydroxyl groups excluding tert-OH is 1. The molecule has 0 saturated heterocycles. The quantitative estimate of drug-likeness (QED) is 0.689. The molecule has 1 atom stereocenters. The van der Waals surface area contributed by atoms with Crippen molar-refractivity contribution in [3.05, 3.63) is 65.7 Å². The maximum Gasteiger partial charge on any atom is 0.242 e. The highest BCUT2D eigenvalue weighted by Crippen LogP contribution is 2.20. The van der Waals surface area contributed by atoms with Gasteiger partial charge < -0.3 is 5.11 Å². The maximum atomic E-state index is 12.5. The Bertz CT molecular complexity index is 742. The topological polar surface area (TPSA) is 57.6 Å². The Labute approximate surface area is 151 Å². The lowest BCUT2D eigenvalue weighted by Crippen LogP contribution is -2.28. The number of benzene rings is 2. The minimum absolute atomic E-state index is 0.333. The Hall–Kier alpha value is -1.69. The van der Waals surface area contributed by atoms with Crippen LogP contribution >= 0.6 is 0 Å². The van der Waals surface area contributed by atoms with E-state index < -0.39 is 16.1 Å². The molecule has 4 nitrogen and oxygen atoms in total. The molecule has 0 radical (unpaired) electrons. The fourth-order valence-corrected chi connectivity index (χ4v) is 3.91. The van der Waals surface area contributed by atoms with E-state index in [1.54, 1.807) is 19.2 Å². The van der Waals surface area contributed by atoms with Gasteiger partial charge in [-0.05, 0) is 37.5 Å². The average Bonchev–Trinajstić information content (AvgIpc) is 2.62.